The number of aromatic amines is 1. The highest BCUT2D eigenvalue weighted by Gasteiger charge is 2.21. The van der Waals surface area contributed by atoms with Gasteiger partial charge in [0.2, 0.25) is 0 Å². The number of thiocarbonyl (C=S) groups is 1. The summed E-state index contributed by atoms with van der Waals surface area (Å²) in [5, 5.41) is 5.54. The normalized spacial score (nSPS) is 13.8. The molecule has 0 bridgehead atoms. The van der Waals surface area contributed by atoms with Gasteiger partial charge in [-0.05, 0) is 23.8 Å². The molecule has 0 fully saturated rings. The first-order valence-electron chi connectivity index (χ1n) is 7.96. The molecule has 116 valence electrons. The Bertz CT molecular complexity index is 838. The topological polar surface area (TPSA) is 31.1 Å². The lowest BCUT2D eigenvalue weighted by Gasteiger charge is -2.30. The highest BCUT2D eigenvalue weighted by molar-refractivity contribution is 7.80. The van der Waals surface area contributed by atoms with Gasteiger partial charge in [0.25, 0.3) is 0 Å². The van der Waals surface area contributed by atoms with E-state index in [2.05, 4.69) is 63.7 Å². The molecule has 3 nitrogen and oxygen atoms in total. The van der Waals surface area contributed by atoms with Crippen LogP contribution in [0.5, 0.6) is 0 Å². The Morgan fingerprint density at radius 3 is 2.74 bits per heavy atom. The van der Waals surface area contributed by atoms with Gasteiger partial charge in [0.15, 0.2) is 5.11 Å². The van der Waals surface area contributed by atoms with Gasteiger partial charge in [-0.3, -0.25) is 0 Å². The van der Waals surface area contributed by atoms with Crippen LogP contribution in [0, 0.1) is 0 Å². The molecule has 1 aliphatic heterocycles. The number of rotatable bonds is 2. The van der Waals surface area contributed by atoms with Crippen molar-refractivity contribution in [3.05, 3.63) is 71.4 Å². The number of benzene rings is 2. The predicted octanol–water partition coefficient (Wildman–Crippen LogP) is 3.60. The molecule has 2 aromatic carbocycles. The molecule has 0 unspecified atom stereocenters. The minimum absolute atomic E-state index is 0.775. The fraction of sp³-hybridized carbons (Fsp3) is 0.211. The first-order valence-corrected chi connectivity index (χ1v) is 8.37. The van der Waals surface area contributed by atoms with Crippen molar-refractivity contribution in [2.45, 2.75) is 19.5 Å². The molecule has 2 N–H and O–H groups in total. The standard InChI is InChI=1S/C19H19N3S/c23-19(20-12-14-6-2-1-3-7-14)22-11-10-18-16(13-22)15-8-4-5-9-17(15)21-18/h1-9,21H,10-13H2,(H,20,23). The molecule has 0 atom stereocenters. The van der Waals surface area contributed by atoms with Crippen molar-refractivity contribution in [1.29, 1.82) is 0 Å². The number of nitrogens with one attached hydrogen (secondary N) is 2. The van der Waals surface area contributed by atoms with E-state index in [0.717, 1.165) is 31.2 Å². The van der Waals surface area contributed by atoms with E-state index in [1.54, 1.807) is 0 Å². The summed E-state index contributed by atoms with van der Waals surface area (Å²) in [5.74, 6) is 0. The summed E-state index contributed by atoms with van der Waals surface area (Å²) >= 11 is 5.60. The van der Waals surface area contributed by atoms with Crippen molar-refractivity contribution in [3.63, 3.8) is 0 Å². The zero-order valence-corrected chi connectivity index (χ0v) is 13.7. The third-order valence-corrected chi connectivity index (χ3v) is 4.86. The van der Waals surface area contributed by atoms with Gasteiger partial charge in [0.05, 0.1) is 0 Å². The Morgan fingerprint density at radius 2 is 1.87 bits per heavy atom. The Kier molecular flexibility index (Phi) is 3.75. The van der Waals surface area contributed by atoms with E-state index < -0.39 is 0 Å². The summed E-state index contributed by atoms with van der Waals surface area (Å²) in [6.07, 6.45) is 1.01. The molecular formula is C19H19N3S. The maximum absolute atomic E-state index is 5.60. The lowest BCUT2D eigenvalue weighted by Crippen LogP contribution is -2.42. The van der Waals surface area contributed by atoms with Crippen LogP contribution in [0.3, 0.4) is 0 Å². The van der Waals surface area contributed by atoms with Crippen LogP contribution in [0.15, 0.2) is 54.6 Å². The van der Waals surface area contributed by atoms with Crippen molar-refractivity contribution in [2.24, 2.45) is 0 Å². The Hall–Kier alpha value is -2.33. The van der Waals surface area contributed by atoms with Crippen molar-refractivity contribution in [2.75, 3.05) is 6.54 Å². The number of aromatic nitrogens is 1. The third kappa shape index (κ3) is 2.82. The second-order valence-electron chi connectivity index (χ2n) is 5.94. The van der Waals surface area contributed by atoms with Crippen LogP contribution in [0.4, 0.5) is 0 Å². The summed E-state index contributed by atoms with van der Waals surface area (Å²) < 4.78 is 0. The summed E-state index contributed by atoms with van der Waals surface area (Å²) in [6.45, 7) is 2.61. The van der Waals surface area contributed by atoms with E-state index in [1.165, 1.54) is 27.7 Å². The van der Waals surface area contributed by atoms with Gasteiger partial charge in [0.1, 0.15) is 0 Å². The van der Waals surface area contributed by atoms with Gasteiger partial charge < -0.3 is 15.2 Å². The number of hydrogen-bond acceptors (Lipinski definition) is 1. The van der Waals surface area contributed by atoms with Crippen LogP contribution in [-0.2, 0) is 19.5 Å². The van der Waals surface area contributed by atoms with Crippen LogP contribution in [0.25, 0.3) is 10.9 Å². The summed E-state index contributed by atoms with van der Waals surface area (Å²) in [6, 6.07) is 18.9. The SMILES string of the molecule is S=C(NCc1ccccc1)N1CCc2[nH]c3ccccc3c2C1. The first-order chi connectivity index (χ1) is 11.3. The Labute approximate surface area is 141 Å². The molecule has 4 heteroatoms. The van der Waals surface area contributed by atoms with Gasteiger partial charge in [-0.15, -0.1) is 0 Å². The van der Waals surface area contributed by atoms with Gasteiger partial charge in [-0.2, -0.15) is 0 Å². The van der Waals surface area contributed by atoms with Gasteiger partial charge in [0, 0.05) is 48.2 Å². The van der Waals surface area contributed by atoms with E-state index in [0.29, 0.717) is 0 Å². The van der Waals surface area contributed by atoms with Crippen LogP contribution in [0.2, 0.25) is 0 Å². The lowest BCUT2D eigenvalue weighted by atomic mass is 10.1. The van der Waals surface area contributed by atoms with E-state index in [-0.39, 0.29) is 0 Å². The summed E-state index contributed by atoms with van der Waals surface area (Å²) in [5.41, 5.74) is 5.21. The molecule has 1 aliphatic rings. The maximum Gasteiger partial charge on any atom is 0.169 e. The highest BCUT2D eigenvalue weighted by Crippen LogP contribution is 2.27. The van der Waals surface area contributed by atoms with Crippen LogP contribution in [0.1, 0.15) is 16.8 Å². The molecule has 3 aromatic rings. The van der Waals surface area contributed by atoms with Crippen LogP contribution < -0.4 is 5.32 Å². The monoisotopic (exact) mass is 321 g/mol. The number of fused-ring (bicyclic) bond motifs is 3. The molecule has 4 rings (SSSR count). The second-order valence-corrected chi connectivity index (χ2v) is 6.33. The number of H-pyrrole nitrogens is 1. The Morgan fingerprint density at radius 1 is 1.09 bits per heavy atom. The second kappa shape index (κ2) is 6.05. The molecule has 0 saturated carbocycles. The molecular weight excluding hydrogens is 302 g/mol. The molecule has 0 saturated heterocycles. The zero-order chi connectivity index (χ0) is 15.6. The molecule has 0 aliphatic carbocycles. The molecule has 1 aromatic heterocycles. The minimum Gasteiger partial charge on any atom is -0.358 e. The Balaban J connectivity index is 1.48. The zero-order valence-electron chi connectivity index (χ0n) is 12.9. The number of hydrogen-bond donors (Lipinski definition) is 2. The van der Waals surface area contributed by atoms with Crippen molar-refractivity contribution >= 4 is 28.2 Å². The maximum atomic E-state index is 5.60. The number of nitrogens with zero attached hydrogens (tertiary/aromatic N) is 1. The summed E-state index contributed by atoms with van der Waals surface area (Å²) in [4.78, 5) is 5.81. The molecule has 0 spiro atoms. The fourth-order valence-corrected chi connectivity index (χ4v) is 3.45. The average molecular weight is 321 g/mol. The van der Waals surface area contributed by atoms with E-state index in [1.807, 2.05) is 6.07 Å². The van der Waals surface area contributed by atoms with Crippen LogP contribution >= 0.6 is 12.2 Å². The predicted molar refractivity (Wildman–Crippen MR) is 98.3 cm³/mol. The molecule has 0 amide bonds. The third-order valence-electron chi connectivity index (χ3n) is 4.46. The first kappa shape index (κ1) is 14.3. The van der Waals surface area contributed by atoms with Crippen molar-refractivity contribution < 1.29 is 0 Å². The average Bonchev–Trinajstić information content (AvgIpc) is 2.98. The van der Waals surface area contributed by atoms with Crippen molar-refractivity contribution in [3.8, 4) is 0 Å². The largest absolute Gasteiger partial charge is 0.358 e. The summed E-state index contributed by atoms with van der Waals surface area (Å²) in [7, 11) is 0. The smallest absolute Gasteiger partial charge is 0.169 e. The van der Waals surface area contributed by atoms with E-state index >= 15 is 0 Å². The molecule has 2 heterocycles. The lowest BCUT2D eigenvalue weighted by molar-refractivity contribution is 0.387. The van der Waals surface area contributed by atoms with Crippen LogP contribution in [-0.4, -0.2) is 21.5 Å². The number of para-hydroxylation sites is 1. The highest BCUT2D eigenvalue weighted by atomic mass is 32.1. The van der Waals surface area contributed by atoms with E-state index in [9.17, 15) is 0 Å². The molecule has 0 radical (unpaired) electrons. The fourth-order valence-electron chi connectivity index (χ4n) is 3.23. The van der Waals surface area contributed by atoms with Gasteiger partial charge in [-0.1, -0.05) is 48.5 Å². The van der Waals surface area contributed by atoms with E-state index in [4.69, 9.17) is 12.2 Å². The minimum atomic E-state index is 0.775. The van der Waals surface area contributed by atoms with Gasteiger partial charge >= 0.3 is 0 Å². The molecule has 23 heavy (non-hydrogen) atoms. The van der Waals surface area contributed by atoms with Crippen molar-refractivity contribution in [1.82, 2.24) is 15.2 Å². The quantitative estimate of drug-likeness (QED) is 0.707. The van der Waals surface area contributed by atoms with Gasteiger partial charge in [-0.25, -0.2) is 0 Å².